The Morgan fingerprint density at radius 1 is 1.19 bits per heavy atom. The Hall–Kier alpha value is -1.88. The fourth-order valence-electron chi connectivity index (χ4n) is 2.81. The number of amides is 1. The molecule has 0 spiro atoms. The highest BCUT2D eigenvalue weighted by molar-refractivity contribution is 5.84. The second-order valence-corrected chi connectivity index (χ2v) is 5.51. The Balaban J connectivity index is 2.22. The zero-order chi connectivity index (χ0) is 15.2. The normalized spacial score (nSPS) is 16.8. The molecule has 2 rings (SSSR count). The van der Waals surface area contributed by atoms with E-state index in [1.165, 1.54) is 0 Å². The summed E-state index contributed by atoms with van der Waals surface area (Å²) in [5, 5.41) is 9.01. The van der Waals surface area contributed by atoms with Crippen molar-refractivity contribution in [1.29, 1.82) is 0 Å². The third kappa shape index (κ3) is 4.04. The Bertz CT molecular complexity index is 484. The molecular formula is C16H22N2O3. The van der Waals surface area contributed by atoms with Gasteiger partial charge in [-0.3, -0.25) is 14.5 Å². The molecule has 114 valence electrons. The van der Waals surface area contributed by atoms with Crippen LogP contribution >= 0.6 is 0 Å². The molecule has 1 fully saturated rings. The Morgan fingerprint density at radius 2 is 1.81 bits per heavy atom. The second kappa shape index (κ2) is 7.22. The summed E-state index contributed by atoms with van der Waals surface area (Å²) in [6.45, 7) is 1.38. The predicted octanol–water partition coefficient (Wildman–Crippen LogP) is 1.76. The molecule has 1 aliphatic rings. The molecule has 0 aliphatic carbocycles. The zero-order valence-electron chi connectivity index (χ0n) is 12.4. The summed E-state index contributed by atoms with van der Waals surface area (Å²) in [4.78, 5) is 27.3. The van der Waals surface area contributed by atoms with Crippen LogP contribution in [0, 0.1) is 0 Å². The van der Waals surface area contributed by atoms with Crippen LogP contribution in [0.25, 0.3) is 0 Å². The van der Waals surface area contributed by atoms with Gasteiger partial charge in [-0.25, -0.2) is 0 Å². The van der Waals surface area contributed by atoms with Crippen molar-refractivity contribution in [3.8, 4) is 0 Å². The van der Waals surface area contributed by atoms with Crippen molar-refractivity contribution in [1.82, 2.24) is 9.80 Å². The summed E-state index contributed by atoms with van der Waals surface area (Å²) in [6, 6.07) is 8.88. The van der Waals surface area contributed by atoms with Crippen molar-refractivity contribution in [2.75, 3.05) is 26.7 Å². The van der Waals surface area contributed by atoms with Gasteiger partial charge in [0.05, 0.1) is 6.54 Å². The average Bonchev–Trinajstić information content (AvgIpc) is 2.48. The van der Waals surface area contributed by atoms with Crippen molar-refractivity contribution in [3.05, 3.63) is 35.9 Å². The fourth-order valence-corrected chi connectivity index (χ4v) is 2.81. The van der Waals surface area contributed by atoms with E-state index in [-0.39, 0.29) is 12.5 Å². The van der Waals surface area contributed by atoms with Gasteiger partial charge in [0, 0.05) is 13.1 Å². The van der Waals surface area contributed by atoms with Gasteiger partial charge in [0.1, 0.15) is 6.04 Å². The summed E-state index contributed by atoms with van der Waals surface area (Å²) in [5.74, 6) is -0.922. The van der Waals surface area contributed by atoms with Gasteiger partial charge in [0.15, 0.2) is 0 Å². The SMILES string of the molecule is CN(CC(=O)O)C(C(=O)N1CCCCC1)c1ccccc1. The molecule has 0 radical (unpaired) electrons. The van der Waals surface area contributed by atoms with Gasteiger partial charge in [0.2, 0.25) is 5.91 Å². The number of hydrogen-bond acceptors (Lipinski definition) is 3. The van der Waals surface area contributed by atoms with Crippen LogP contribution in [0.3, 0.4) is 0 Å². The van der Waals surface area contributed by atoms with Crippen LogP contribution in [0.1, 0.15) is 30.9 Å². The van der Waals surface area contributed by atoms with Crippen LogP contribution in [-0.2, 0) is 9.59 Å². The zero-order valence-corrected chi connectivity index (χ0v) is 12.4. The molecule has 1 aromatic carbocycles. The van der Waals surface area contributed by atoms with Gasteiger partial charge in [-0.15, -0.1) is 0 Å². The highest BCUT2D eigenvalue weighted by Crippen LogP contribution is 2.23. The van der Waals surface area contributed by atoms with Crippen LogP contribution < -0.4 is 0 Å². The molecule has 0 saturated carbocycles. The number of aliphatic carboxylic acids is 1. The van der Waals surface area contributed by atoms with Gasteiger partial charge in [-0.2, -0.15) is 0 Å². The number of hydrogen-bond donors (Lipinski definition) is 1. The minimum atomic E-state index is -0.926. The quantitative estimate of drug-likeness (QED) is 0.897. The van der Waals surface area contributed by atoms with E-state index in [0.717, 1.165) is 37.9 Å². The lowest BCUT2D eigenvalue weighted by Gasteiger charge is -2.34. The lowest BCUT2D eigenvalue weighted by molar-refractivity contribution is -0.142. The molecule has 21 heavy (non-hydrogen) atoms. The molecule has 1 unspecified atom stereocenters. The summed E-state index contributed by atoms with van der Waals surface area (Å²) >= 11 is 0. The molecule has 5 heteroatoms. The monoisotopic (exact) mass is 290 g/mol. The standard InChI is InChI=1S/C16H22N2O3/c1-17(12-14(19)20)15(13-8-4-2-5-9-13)16(21)18-10-6-3-7-11-18/h2,4-5,8-9,15H,3,6-7,10-12H2,1H3,(H,19,20). The lowest BCUT2D eigenvalue weighted by atomic mass is 10.0. The molecule has 1 aliphatic heterocycles. The average molecular weight is 290 g/mol. The fraction of sp³-hybridized carbons (Fsp3) is 0.500. The van der Waals surface area contributed by atoms with Crippen molar-refractivity contribution >= 4 is 11.9 Å². The van der Waals surface area contributed by atoms with Crippen LogP contribution in [0.15, 0.2) is 30.3 Å². The highest BCUT2D eigenvalue weighted by atomic mass is 16.4. The minimum Gasteiger partial charge on any atom is -0.480 e. The smallest absolute Gasteiger partial charge is 0.317 e. The van der Waals surface area contributed by atoms with E-state index in [0.29, 0.717) is 0 Å². The summed E-state index contributed by atoms with van der Waals surface area (Å²) in [5.41, 5.74) is 0.844. The number of carboxylic acid groups (broad SMARTS) is 1. The summed E-state index contributed by atoms with van der Waals surface area (Å²) < 4.78 is 0. The van der Waals surface area contributed by atoms with E-state index in [1.54, 1.807) is 11.9 Å². The first kappa shape index (κ1) is 15.5. The number of carbonyl (C=O) groups excluding carboxylic acids is 1. The largest absolute Gasteiger partial charge is 0.480 e. The third-order valence-electron chi connectivity index (χ3n) is 3.84. The molecular weight excluding hydrogens is 268 g/mol. The van der Waals surface area contributed by atoms with Gasteiger partial charge >= 0.3 is 5.97 Å². The van der Waals surface area contributed by atoms with Crippen molar-refractivity contribution in [2.24, 2.45) is 0 Å². The van der Waals surface area contributed by atoms with Crippen molar-refractivity contribution in [3.63, 3.8) is 0 Å². The molecule has 1 atom stereocenters. The van der Waals surface area contributed by atoms with Gasteiger partial charge in [-0.05, 0) is 31.9 Å². The number of piperidine rings is 1. The van der Waals surface area contributed by atoms with E-state index >= 15 is 0 Å². The van der Waals surface area contributed by atoms with E-state index in [9.17, 15) is 9.59 Å². The highest BCUT2D eigenvalue weighted by Gasteiger charge is 2.30. The van der Waals surface area contributed by atoms with Crippen LogP contribution in [-0.4, -0.2) is 53.5 Å². The molecule has 1 heterocycles. The molecule has 1 N–H and O–H groups in total. The maximum Gasteiger partial charge on any atom is 0.317 e. The predicted molar refractivity (Wildman–Crippen MR) is 79.9 cm³/mol. The van der Waals surface area contributed by atoms with E-state index in [2.05, 4.69) is 0 Å². The maximum absolute atomic E-state index is 12.8. The summed E-state index contributed by atoms with van der Waals surface area (Å²) in [7, 11) is 1.69. The minimum absolute atomic E-state index is 0.00431. The summed E-state index contributed by atoms with van der Waals surface area (Å²) in [6.07, 6.45) is 3.20. The Labute approximate surface area is 125 Å². The number of nitrogens with zero attached hydrogens (tertiary/aromatic N) is 2. The Kier molecular flexibility index (Phi) is 5.33. The maximum atomic E-state index is 12.8. The topological polar surface area (TPSA) is 60.9 Å². The number of benzene rings is 1. The molecule has 0 bridgehead atoms. The van der Waals surface area contributed by atoms with Gasteiger partial charge in [0.25, 0.3) is 0 Å². The van der Waals surface area contributed by atoms with E-state index in [1.807, 2.05) is 35.2 Å². The third-order valence-corrected chi connectivity index (χ3v) is 3.84. The van der Waals surface area contributed by atoms with E-state index < -0.39 is 12.0 Å². The number of likely N-dealkylation sites (tertiary alicyclic amines) is 1. The number of carbonyl (C=O) groups is 2. The Morgan fingerprint density at radius 3 is 2.38 bits per heavy atom. The van der Waals surface area contributed by atoms with Gasteiger partial charge < -0.3 is 10.0 Å². The first-order valence-electron chi connectivity index (χ1n) is 7.35. The first-order chi connectivity index (χ1) is 10.1. The molecule has 1 amide bonds. The van der Waals surface area contributed by atoms with Crippen LogP contribution in [0.4, 0.5) is 0 Å². The lowest BCUT2D eigenvalue weighted by Crippen LogP contribution is -2.45. The molecule has 0 aromatic heterocycles. The molecule has 5 nitrogen and oxygen atoms in total. The first-order valence-corrected chi connectivity index (χ1v) is 7.35. The van der Waals surface area contributed by atoms with E-state index in [4.69, 9.17) is 5.11 Å². The second-order valence-electron chi connectivity index (χ2n) is 5.51. The number of carboxylic acids is 1. The molecule has 1 saturated heterocycles. The van der Waals surface area contributed by atoms with Crippen LogP contribution in [0.2, 0.25) is 0 Å². The number of likely N-dealkylation sites (N-methyl/N-ethyl adjacent to an activating group) is 1. The number of rotatable bonds is 5. The van der Waals surface area contributed by atoms with Crippen molar-refractivity contribution in [2.45, 2.75) is 25.3 Å². The molecule has 1 aromatic rings. The van der Waals surface area contributed by atoms with Crippen molar-refractivity contribution < 1.29 is 14.7 Å². The van der Waals surface area contributed by atoms with Crippen LogP contribution in [0.5, 0.6) is 0 Å². The van der Waals surface area contributed by atoms with Gasteiger partial charge in [-0.1, -0.05) is 30.3 Å².